The molecule has 0 bridgehead atoms. The van der Waals surface area contributed by atoms with E-state index in [1.165, 1.54) is 13.8 Å². The number of carbonyl (C=O) groups is 2. The van der Waals surface area contributed by atoms with Gasteiger partial charge < -0.3 is 24.8 Å². The molecule has 3 saturated carbocycles. The molecule has 7 heteroatoms. The number of carbonyl (C=O) groups excluding carboxylic acids is 2. The average Bonchev–Trinajstić information content (AvgIpc) is 3.00. The Morgan fingerprint density at radius 2 is 1.96 bits per heavy atom. The van der Waals surface area contributed by atoms with Gasteiger partial charge in [0.25, 0.3) is 0 Å². The fraction of sp³-hybridized carbons (Fsp3) is 0.875. The van der Waals surface area contributed by atoms with E-state index in [1.54, 1.807) is 6.92 Å². The zero-order valence-electron chi connectivity index (χ0n) is 13.1. The van der Waals surface area contributed by atoms with Crippen LogP contribution < -0.4 is 0 Å². The Morgan fingerprint density at radius 3 is 2.57 bits per heavy atom. The second kappa shape index (κ2) is 3.35. The predicted octanol–water partition coefficient (Wildman–Crippen LogP) is -1.23. The quantitative estimate of drug-likeness (QED) is 0.408. The Bertz CT molecular complexity index is 668. The molecule has 0 aromatic rings. The van der Waals surface area contributed by atoms with Gasteiger partial charge in [0, 0.05) is 12.3 Å². The van der Waals surface area contributed by atoms with E-state index in [9.17, 15) is 24.9 Å². The molecule has 7 nitrogen and oxygen atoms in total. The number of epoxide rings is 1. The number of fused-ring (bicyclic) bond motifs is 2. The SMILES string of the molecule is CC(C)(O)C1C(=O)[C@H]2C1[C@@H](O)[C@H]1OC(=O)[C@@]34O[C@@H]3CC2(O)[C@@]14C. The standard InChI is InChI=1S/C16H20O7/c1-13(2,20)7-6-8(10(7)18)15(21)4-5-16(23-5)12(19)22-11(9(6)17)14(15,16)3/h5-9,11,17,20-21H,4H2,1-3H3/t5-,6?,7?,8-,9-,11-,14-,15?,16+/m1/s1. The Hall–Kier alpha value is -1.02. The first-order chi connectivity index (χ1) is 10.5. The third-order valence-corrected chi connectivity index (χ3v) is 7.36. The molecule has 2 aliphatic heterocycles. The summed E-state index contributed by atoms with van der Waals surface area (Å²) in [6.45, 7) is 4.72. The Labute approximate surface area is 132 Å². The van der Waals surface area contributed by atoms with Crippen molar-refractivity contribution in [2.75, 3.05) is 0 Å². The minimum Gasteiger partial charge on any atom is -0.457 e. The third-order valence-electron chi connectivity index (χ3n) is 7.36. The van der Waals surface area contributed by atoms with Crippen molar-refractivity contribution in [3.63, 3.8) is 0 Å². The van der Waals surface area contributed by atoms with Crippen molar-refractivity contribution in [1.29, 1.82) is 0 Å². The van der Waals surface area contributed by atoms with Crippen LogP contribution in [0.15, 0.2) is 0 Å². The number of rotatable bonds is 1. The van der Waals surface area contributed by atoms with E-state index in [-0.39, 0.29) is 12.2 Å². The second-order valence-corrected chi connectivity index (χ2v) is 8.58. The minimum absolute atomic E-state index is 0.188. The molecule has 5 fully saturated rings. The molecule has 0 radical (unpaired) electrons. The highest BCUT2D eigenvalue weighted by Gasteiger charge is 2.95. The van der Waals surface area contributed by atoms with Crippen LogP contribution >= 0.6 is 0 Å². The summed E-state index contributed by atoms with van der Waals surface area (Å²) in [5, 5.41) is 32.5. The highest BCUT2D eigenvalue weighted by Crippen LogP contribution is 2.77. The Balaban J connectivity index is 1.67. The molecule has 2 saturated heterocycles. The van der Waals surface area contributed by atoms with E-state index < -0.39 is 64.3 Å². The summed E-state index contributed by atoms with van der Waals surface area (Å²) in [5.41, 5.74) is -5.11. The van der Waals surface area contributed by atoms with Crippen molar-refractivity contribution in [1.82, 2.24) is 0 Å². The lowest BCUT2D eigenvalue weighted by Gasteiger charge is -2.63. The maximum Gasteiger partial charge on any atom is 0.342 e. The predicted molar refractivity (Wildman–Crippen MR) is 72.9 cm³/mol. The number of aliphatic hydroxyl groups is 3. The van der Waals surface area contributed by atoms with Gasteiger partial charge in [-0.15, -0.1) is 0 Å². The van der Waals surface area contributed by atoms with Crippen molar-refractivity contribution in [2.24, 2.45) is 23.2 Å². The average molecular weight is 324 g/mol. The first-order valence-electron chi connectivity index (χ1n) is 8.07. The number of esters is 1. The second-order valence-electron chi connectivity index (χ2n) is 8.58. The van der Waals surface area contributed by atoms with Crippen molar-refractivity contribution >= 4 is 11.8 Å². The van der Waals surface area contributed by atoms with E-state index in [4.69, 9.17) is 9.47 Å². The number of ketones is 1. The monoisotopic (exact) mass is 324 g/mol. The van der Waals surface area contributed by atoms with Gasteiger partial charge in [-0.25, -0.2) is 4.79 Å². The number of aliphatic hydroxyl groups excluding tert-OH is 1. The van der Waals surface area contributed by atoms with E-state index in [0.717, 1.165) is 0 Å². The molecule has 5 rings (SSSR count). The minimum atomic E-state index is -1.45. The molecule has 2 heterocycles. The van der Waals surface area contributed by atoms with Gasteiger partial charge in [0.15, 0.2) is 0 Å². The third kappa shape index (κ3) is 1.10. The zero-order chi connectivity index (χ0) is 16.7. The zero-order valence-corrected chi connectivity index (χ0v) is 13.1. The molecule has 0 aromatic carbocycles. The normalized spacial score (nSPS) is 62.2. The van der Waals surface area contributed by atoms with Gasteiger partial charge in [-0.2, -0.15) is 0 Å². The van der Waals surface area contributed by atoms with Gasteiger partial charge in [0.2, 0.25) is 5.60 Å². The van der Waals surface area contributed by atoms with Crippen LogP contribution in [0.5, 0.6) is 0 Å². The van der Waals surface area contributed by atoms with Gasteiger partial charge in [-0.1, -0.05) is 0 Å². The smallest absolute Gasteiger partial charge is 0.342 e. The Morgan fingerprint density at radius 1 is 1.30 bits per heavy atom. The fourth-order valence-electron chi connectivity index (χ4n) is 6.30. The van der Waals surface area contributed by atoms with Crippen molar-refractivity contribution in [3.05, 3.63) is 0 Å². The van der Waals surface area contributed by atoms with Crippen LogP contribution in [0.4, 0.5) is 0 Å². The first-order valence-corrected chi connectivity index (χ1v) is 8.07. The van der Waals surface area contributed by atoms with Gasteiger partial charge in [0.05, 0.1) is 34.6 Å². The summed E-state index contributed by atoms with van der Waals surface area (Å²) >= 11 is 0. The van der Waals surface area contributed by atoms with Crippen LogP contribution in [0, 0.1) is 23.2 Å². The van der Waals surface area contributed by atoms with Crippen LogP contribution in [-0.2, 0) is 19.1 Å². The van der Waals surface area contributed by atoms with Crippen LogP contribution in [-0.4, -0.2) is 62.2 Å². The largest absolute Gasteiger partial charge is 0.457 e. The lowest BCUT2D eigenvalue weighted by atomic mass is 9.42. The van der Waals surface area contributed by atoms with Crippen molar-refractivity contribution < 1.29 is 34.4 Å². The number of hydrogen-bond acceptors (Lipinski definition) is 7. The molecular weight excluding hydrogens is 304 g/mol. The molecule has 5 aliphatic rings. The van der Waals surface area contributed by atoms with Gasteiger partial charge in [0.1, 0.15) is 18.0 Å². The number of Topliss-reactive ketones (excluding diaryl/α,β-unsaturated/α-hetero) is 1. The lowest BCUT2D eigenvalue weighted by molar-refractivity contribution is -0.275. The summed E-state index contributed by atoms with van der Waals surface area (Å²) < 4.78 is 11.0. The van der Waals surface area contributed by atoms with Gasteiger partial charge in [-0.3, -0.25) is 4.79 Å². The maximum atomic E-state index is 12.7. The topological polar surface area (TPSA) is 117 Å². The summed E-state index contributed by atoms with van der Waals surface area (Å²) in [6.07, 6.45) is -2.31. The molecule has 9 atom stereocenters. The maximum absolute atomic E-state index is 12.7. The van der Waals surface area contributed by atoms with Crippen molar-refractivity contribution in [3.8, 4) is 0 Å². The van der Waals surface area contributed by atoms with E-state index in [2.05, 4.69) is 0 Å². The highest BCUT2D eigenvalue weighted by atomic mass is 16.7. The van der Waals surface area contributed by atoms with Crippen LogP contribution in [0.1, 0.15) is 27.2 Å². The Kier molecular flexibility index (Phi) is 2.09. The van der Waals surface area contributed by atoms with Gasteiger partial charge >= 0.3 is 5.97 Å². The van der Waals surface area contributed by atoms with Crippen LogP contribution in [0.25, 0.3) is 0 Å². The van der Waals surface area contributed by atoms with E-state index in [0.29, 0.717) is 0 Å². The lowest BCUT2D eigenvalue weighted by Crippen LogP contribution is -2.78. The van der Waals surface area contributed by atoms with Crippen molar-refractivity contribution in [2.45, 2.75) is 62.3 Å². The summed E-state index contributed by atoms with van der Waals surface area (Å²) in [4.78, 5) is 25.1. The van der Waals surface area contributed by atoms with E-state index in [1.807, 2.05) is 0 Å². The van der Waals surface area contributed by atoms with Crippen LogP contribution in [0.2, 0.25) is 0 Å². The van der Waals surface area contributed by atoms with Crippen LogP contribution in [0.3, 0.4) is 0 Å². The van der Waals surface area contributed by atoms with E-state index >= 15 is 0 Å². The molecule has 3 N–H and O–H groups in total. The molecule has 3 unspecified atom stereocenters. The number of hydrogen-bond donors (Lipinski definition) is 3. The first kappa shape index (κ1) is 14.3. The summed E-state index contributed by atoms with van der Waals surface area (Å²) in [6, 6.07) is 0. The highest BCUT2D eigenvalue weighted by molar-refractivity contribution is 5.96. The molecule has 1 spiro atoms. The molecule has 0 amide bonds. The molecular formula is C16H20O7. The molecule has 126 valence electrons. The summed E-state index contributed by atoms with van der Waals surface area (Å²) in [5.74, 6) is -2.99. The molecule has 3 aliphatic carbocycles. The molecule has 0 aromatic heterocycles. The van der Waals surface area contributed by atoms with Gasteiger partial charge in [-0.05, 0) is 20.8 Å². The fourth-order valence-corrected chi connectivity index (χ4v) is 6.30. The summed E-state index contributed by atoms with van der Waals surface area (Å²) in [7, 11) is 0. The molecule has 23 heavy (non-hydrogen) atoms. The number of ether oxygens (including phenoxy) is 2.